The molecule has 3 rings (SSSR count). The third-order valence-electron chi connectivity index (χ3n) is 5.45. The second-order valence-electron chi connectivity index (χ2n) is 7.70. The molecule has 0 bridgehead atoms. The Bertz CT molecular complexity index is 1150. The minimum absolute atomic E-state index is 0.0180. The lowest BCUT2D eigenvalue weighted by Gasteiger charge is -2.29. The summed E-state index contributed by atoms with van der Waals surface area (Å²) in [6, 6.07) is 12.3. The van der Waals surface area contributed by atoms with Crippen LogP contribution in [-0.4, -0.2) is 54.5 Å². The van der Waals surface area contributed by atoms with Crippen LogP contribution in [0.3, 0.4) is 0 Å². The first kappa shape index (κ1) is 24.7. The van der Waals surface area contributed by atoms with Gasteiger partial charge in [-0.15, -0.1) is 0 Å². The molecule has 0 spiro atoms. The van der Waals surface area contributed by atoms with Gasteiger partial charge in [-0.25, -0.2) is 12.7 Å². The number of likely N-dealkylation sites (N-methyl/N-ethyl adjacent to an activating group) is 1. The van der Waals surface area contributed by atoms with E-state index in [9.17, 15) is 22.8 Å². The van der Waals surface area contributed by atoms with Crippen molar-refractivity contribution in [2.75, 3.05) is 13.1 Å². The van der Waals surface area contributed by atoms with Crippen molar-refractivity contribution in [3.63, 3.8) is 0 Å². The third kappa shape index (κ3) is 5.36. The number of carbonyl (C=O) groups excluding carboxylic acids is 3. The normalized spacial score (nSPS) is 15.1. The number of carbonyl (C=O) groups is 3. The summed E-state index contributed by atoms with van der Waals surface area (Å²) in [5.74, 6) is -1.19. The standard InChI is InChI=1S/C23H26ClN3O5S/c1-3-25-22(29)16(2)26(15-17-10-12-18(24)13-11-17)21(28)9-6-14-27-23(30)19-7-4-5-8-20(19)33(27,31)32/h4-5,7-8,10-13,16H,3,6,9,14-15H2,1-2H3,(H,25,29)/t16-/m1/s1. The van der Waals surface area contributed by atoms with Crippen molar-refractivity contribution in [1.29, 1.82) is 0 Å². The van der Waals surface area contributed by atoms with Crippen LogP contribution >= 0.6 is 11.6 Å². The number of fused-ring (bicyclic) bond motifs is 1. The molecule has 2 aromatic rings. The lowest BCUT2D eigenvalue weighted by atomic mass is 10.1. The molecule has 0 unspecified atom stereocenters. The summed E-state index contributed by atoms with van der Waals surface area (Å²) in [7, 11) is -3.92. The molecule has 1 N–H and O–H groups in total. The summed E-state index contributed by atoms with van der Waals surface area (Å²) >= 11 is 5.94. The number of benzene rings is 2. The Balaban J connectivity index is 1.70. The SMILES string of the molecule is CCNC(=O)[C@@H](C)N(Cc1ccc(Cl)cc1)C(=O)CCCN1C(=O)c2ccccc2S1(=O)=O. The number of hydrogen-bond donors (Lipinski definition) is 1. The molecule has 3 amide bonds. The number of nitrogens with zero attached hydrogens (tertiary/aromatic N) is 2. The largest absolute Gasteiger partial charge is 0.355 e. The Labute approximate surface area is 198 Å². The number of amides is 3. The molecular weight excluding hydrogens is 466 g/mol. The number of nitrogens with one attached hydrogen (secondary N) is 1. The van der Waals surface area contributed by atoms with Crippen LogP contribution in [0.2, 0.25) is 5.02 Å². The van der Waals surface area contributed by atoms with Gasteiger partial charge >= 0.3 is 0 Å². The molecule has 0 fully saturated rings. The van der Waals surface area contributed by atoms with E-state index in [1.165, 1.54) is 17.0 Å². The molecule has 0 aromatic heterocycles. The molecule has 0 saturated heterocycles. The molecule has 1 atom stereocenters. The molecule has 1 aliphatic rings. The molecule has 0 aliphatic carbocycles. The minimum atomic E-state index is -3.92. The highest BCUT2D eigenvalue weighted by Gasteiger charge is 2.40. The van der Waals surface area contributed by atoms with Crippen molar-refractivity contribution in [1.82, 2.24) is 14.5 Å². The van der Waals surface area contributed by atoms with Gasteiger partial charge in [0, 0.05) is 31.1 Å². The molecule has 10 heteroatoms. The van der Waals surface area contributed by atoms with Gasteiger partial charge in [-0.1, -0.05) is 35.9 Å². The molecule has 2 aromatic carbocycles. The van der Waals surface area contributed by atoms with Gasteiger partial charge in [-0.05, 0) is 50.1 Å². The van der Waals surface area contributed by atoms with Crippen molar-refractivity contribution in [2.45, 2.75) is 44.2 Å². The Morgan fingerprint density at radius 3 is 2.42 bits per heavy atom. The fourth-order valence-corrected chi connectivity index (χ4v) is 5.39. The molecule has 33 heavy (non-hydrogen) atoms. The molecule has 0 saturated carbocycles. The lowest BCUT2D eigenvalue weighted by molar-refractivity contribution is -0.140. The van der Waals surface area contributed by atoms with E-state index in [1.807, 2.05) is 0 Å². The maximum absolute atomic E-state index is 13.1. The smallest absolute Gasteiger partial charge is 0.269 e. The first-order chi connectivity index (χ1) is 15.7. The maximum atomic E-state index is 13.1. The van der Waals surface area contributed by atoms with Crippen molar-refractivity contribution in [3.8, 4) is 0 Å². The van der Waals surface area contributed by atoms with Crippen LogP contribution in [0.25, 0.3) is 0 Å². The highest BCUT2D eigenvalue weighted by atomic mass is 35.5. The van der Waals surface area contributed by atoms with Crippen LogP contribution in [-0.2, 0) is 26.2 Å². The van der Waals surface area contributed by atoms with Gasteiger partial charge in [-0.3, -0.25) is 14.4 Å². The van der Waals surface area contributed by atoms with Crippen molar-refractivity contribution < 1.29 is 22.8 Å². The van der Waals surface area contributed by atoms with E-state index in [1.54, 1.807) is 50.2 Å². The number of hydrogen-bond acceptors (Lipinski definition) is 5. The summed E-state index contributed by atoms with van der Waals surface area (Å²) in [5.41, 5.74) is 0.940. The van der Waals surface area contributed by atoms with E-state index in [2.05, 4.69) is 5.32 Å². The number of rotatable bonds is 9. The fourth-order valence-electron chi connectivity index (χ4n) is 3.66. The predicted molar refractivity (Wildman–Crippen MR) is 124 cm³/mol. The zero-order valence-corrected chi connectivity index (χ0v) is 20.0. The van der Waals surface area contributed by atoms with Gasteiger partial charge in [0.2, 0.25) is 11.8 Å². The van der Waals surface area contributed by atoms with Crippen LogP contribution in [0.15, 0.2) is 53.4 Å². The van der Waals surface area contributed by atoms with Gasteiger partial charge in [-0.2, -0.15) is 0 Å². The summed E-state index contributed by atoms with van der Waals surface area (Å²) in [4.78, 5) is 39.5. The Hall–Kier alpha value is -2.91. The van der Waals surface area contributed by atoms with Crippen molar-refractivity contribution in [2.24, 2.45) is 0 Å². The quantitative estimate of drug-likeness (QED) is 0.581. The molecular formula is C23H26ClN3O5S. The van der Waals surface area contributed by atoms with E-state index < -0.39 is 22.0 Å². The summed E-state index contributed by atoms with van der Waals surface area (Å²) < 4.78 is 26.2. The zero-order valence-electron chi connectivity index (χ0n) is 18.5. The highest BCUT2D eigenvalue weighted by molar-refractivity contribution is 7.90. The van der Waals surface area contributed by atoms with Crippen LogP contribution in [0, 0.1) is 0 Å². The first-order valence-corrected chi connectivity index (χ1v) is 12.5. The van der Waals surface area contributed by atoms with Crippen molar-refractivity contribution in [3.05, 3.63) is 64.7 Å². The summed E-state index contributed by atoms with van der Waals surface area (Å²) in [6.07, 6.45) is 0.115. The van der Waals surface area contributed by atoms with Crippen LogP contribution in [0.4, 0.5) is 0 Å². The van der Waals surface area contributed by atoms with Crippen LogP contribution in [0.1, 0.15) is 42.6 Å². The van der Waals surface area contributed by atoms with E-state index in [0.717, 1.165) is 9.87 Å². The van der Waals surface area contributed by atoms with Crippen LogP contribution < -0.4 is 5.32 Å². The fraction of sp³-hybridized carbons (Fsp3) is 0.348. The van der Waals surface area contributed by atoms with E-state index >= 15 is 0 Å². The first-order valence-electron chi connectivity index (χ1n) is 10.6. The molecule has 1 heterocycles. The van der Waals surface area contributed by atoms with Gasteiger partial charge < -0.3 is 10.2 Å². The van der Waals surface area contributed by atoms with Gasteiger partial charge in [0.05, 0.1) is 5.56 Å². The Morgan fingerprint density at radius 2 is 1.79 bits per heavy atom. The van der Waals surface area contributed by atoms with Gasteiger partial charge in [0.15, 0.2) is 0 Å². The second-order valence-corrected chi connectivity index (χ2v) is 9.97. The van der Waals surface area contributed by atoms with Crippen molar-refractivity contribution >= 4 is 39.3 Å². The van der Waals surface area contributed by atoms with Crippen LogP contribution in [0.5, 0.6) is 0 Å². The number of halogens is 1. The predicted octanol–water partition coefficient (Wildman–Crippen LogP) is 2.82. The minimum Gasteiger partial charge on any atom is -0.355 e. The Morgan fingerprint density at radius 1 is 1.12 bits per heavy atom. The molecule has 176 valence electrons. The summed E-state index contributed by atoms with van der Waals surface area (Å²) in [5, 5.41) is 3.28. The lowest BCUT2D eigenvalue weighted by Crippen LogP contribution is -2.47. The van der Waals surface area contributed by atoms with E-state index in [4.69, 9.17) is 11.6 Å². The van der Waals surface area contributed by atoms with Gasteiger partial charge in [0.25, 0.3) is 15.9 Å². The van der Waals surface area contributed by atoms with Gasteiger partial charge in [0.1, 0.15) is 10.9 Å². The Kier molecular flexibility index (Phi) is 7.76. The monoisotopic (exact) mass is 491 g/mol. The average molecular weight is 492 g/mol. The molecule has 0 radical (unpaired) electrons. The maximum Gasteiger partial charge on any atom is 0.269 e. The average Bonchev–Trinajstić information content (AvgIpc) is 2.99. The number of sulfonamides is 1. The topological polar surface area (TPSA) is 104 Å². The molecule has 1 aliphatic heterocycles. The zero-order chi connectivity index (χ0) is 24.2. The summed E-state index contributed by atoms with van der Waals surface area (Å²) in [6.45, 7) is 3.94. The molecule has 8 nitrogen and oxygen atoms in total. The third-order valence-corrected chi connectivity index (χ3v) is 7.54. The van der Waals surface area contributed by atoms with E-state index in [0.29, 0.717) is 11.6 Å². The highest BCUT2D eigenvalue weighted by Crippen LogP contribution is 2.30. The second kappa shape index (κ2) is 10.4. The van der Waals surface area contributed by atoms with E-state index in [-0.39, 0.29) is 48.2 Å².